The summed E-state index contributed by atoms with van der Waals surface area (Å²) in [6.45, 7) is 3.28. The van der Waals surface area contributed by atoms with Crippen molar-refractivity contribution in [3.05, 3.63) is 29.8 Å². The largest absolute Gasteiger partial charge is 0.355 e. The van der Waals surface area contributed by atoms with E-state index in [1.54, 1.807) is 24.3 Å². The highest BCUT2D eigenvalue weighted by Crippen LogP contribution is 2.24. The van der Waals surface area contributed by atoms with Crippen LogP contribution in [0.2, 0.25) is 0 Å². The van der Waals surface area contributed by atoms with Crippen LogP contribution in [0.3, 0.4) is 0 Å². The maximum Gasteiger partial charge on any atom is 0.325 e. The first kappa shape index (κ1) is 18.4. The molecule has 1 aliphatic rings. The topological polar surface area (TPSA) is 108 Å². The Hall–Kier alpha value is -2.90. The number of urea groups is 1. The Kier molecular flexibility index (Phi) is 5.41. The molecular formula is C17H22N4O4. The number of amides is 5. The Morgan fingerprint density at radius 3 is 2.20 bits per heavy atom. The number of rotatable bonds is 6. The van der Waals surface area contributed by atoms with Gasteiger partial charge < -0.3 is 16.0 Å². The summed E-state index contributed by atoms with van der Waals surface area (Å²) in [5.74, 6) is -1.10. The monoisotopic (exact) mass is 346 g/mol. The van der Waals surface area contributed by atoms with E-state index in [9.17, 15) is 19.2 Å². The van der Waals surface area contributed by atoms with Crippen LogP contribution in [-0.2, 0) is 9.59 Å². The van der Waals surface area contributed by atoms with E-state index >= 15 is 0 Å². The molecule has 0 atom stereocenters. The molecule has 1 heterocycles. The quantitative estimate of drug-likeness (QED) is 0.670. The second-order valence-corrected chi connectivity index (χ2v) is 5.82. The Morgan fingerprint density at radius 1 is 1.12 bits per heavy atom. The van der Waals surface area contributed by atoms with Crippen LogP contribution < -0.4 is 16.0 Å². The van der Waals surface area contributed by atoms with Gasteiger partial charge in [-0.25, -0.2) is 4.79 Å². The van der Waals surface area contributed by atoms with Crippen LogP contribution in [-0.4, -0.2) is 47.8 Å². The second-order valence-electron chi connectivity index (χ2n) is 5.82. The highest BCUT2D eigenvalue weighted by Gasteiger charge is 2.49. The molecule has 5 amide bonds. The summed E-state index contributed by atoms with van der Waals surface area (Å²) in [5.41, 5.74) is 0.0132. The van der Waals surface area contributed by atoms with E-state index in [-0.39, 0.29) is 18.4 Å². The number of carbonyl (C=O) groups is 4. The van der Waals surface area contributed by atoms with Crippen molar-refractivity contribution < 1.29 is 19.2 Å². The number of hydrogen-bond donors (Lipinski definition) is 3. The third kappa shape index (κ3) is 3.62. The van der Waals surface area contributed by atoms with Crippen LogP contribution in [0, 0.1) is 0 Å². The predicted molar refractivity (Wildman–Crippen MR) is 92.0 cm³/mol. The van der Waals surface area contributed by atoms with Gasteiger partial charge in [0.2, 0.25) is 5.91 Å². The molecule has 0 radical (unpaired) electrons. The van der Waals surface area contributed by atoms with Gasteiger partial charge in [0, 0.05) is 18.3 Å². The summed E-state index contributed by atoms with van der Waals surface area (Å²) in [7, 11) is 1.53. The summed E-state index contributed by atoms with van der Waals surface area (Å²) in [4.78, 5) is 49.1. The van der Waals surface area contributed by atoms with Crippen molar-refractivity contribution in [1.29, 1.82) is 0 Å². The number of nitrogens with one attached hydrogen (secondary N) is 3. The van der Waals surface area contributed by atoms with Gasteiger partial charge >= 0.3 is 6.03 Å². The van der Waals surface area contributed by atoms with Gasteiger partial charge in [-0.1, -0.05) is 13.8 Å². The zero-order valence-electron chi connectivity index (χ0n) is 14.5. The van der Waals surface area contributed by atoms with Crippen molar-refractivity contribution in [2.45, 2.75) is 32.2 Å². The van der Waals surface area contributed by atoms with Gasteiger partial charge in [-0.3, -0.25) is 19.3 Å². The molecule has 25 heavy (non-hydrogen) atoms. The average Bonchev–Trinajstić information content (AvgIpc) is 2.86. The lowest BCUT2D eigenvalue weighted by Crippen LogP contribution is -2.46. The molecule has 134 valence electrons. The Labute approximate surface area is 145 Å². The first-order valence-corrected chi connectivity index (χ1v) is 8.13. The zero-order valence-corrected chi connectivity index (χ0v) is 14.5. The third-order valence-corrected chi connectivity index (χ3v) is 4.41. The van der Waals surface area contributed by atoms with Crippen LogP contribution in [0.4, 0.5) is 10.5 Å². The summed E-state index contributed by atoms with van der Waals surface area (Å²) in [6, 6.07) is 5.75. The number of benzene rings is 1. The minimum atomic E-state index is -0.924. The molecule has 0 aliphatic carbocycles. The lowest BCUT2D eigenvalue weighted by molar-refractivity contribution is -0.134. The highest BCUT2D eigenvalue weighted by molar-refractivity contribution is 6.10. The molecule has 1 fully saturated rings. The fourth-order valence-electron chi connectivity index (χ4n) is 2.74. The normalized spacial score (nSPS) is 15.7. The van der Waals surface area contributed by atoms with Crippen LogP contribution >= 0.6 is 0 Å². The predicted octanol–water partition coefficient (Wildman–Crippen LogP) is 1.10. The Bertz CT molecular complexity index is 695. The van der Waals surface area contributed by atoms with Gasteiger partial charge in [-0.2, -0.15) is 0 Å². The fourth-order valence-corrected chi connectivity index (χ4v) is 2.74. The standard InChI is InChI=1S/C17H22N4O4/c1-4-17(5-2)15(24)21(16(25)20-17)10-13(22)19-12-8-6-11(7-9-12)14(23)18-3/h6-9H,4-5,10H2,1-3H3,(H,18,23)(H,19,22)(H,20,25). The molecule has 1 saturated heterocycles. The van der Waals surface area contributed by atoms with Gasteiger partial charge in [0.15, 0.2) is 0 Å². The van der Waals surface area contributed by atoms with E-state index in [1.807, 2.05) is 13.8 Å². The summed E-state index contributed by atoms with van der Waals surface area (Å²) in [6.07, 6.45) is 0.931. The second kappa shape index (κ2) is 7.33. The summed E-state index contributed by atoms with van der Waals surface area (Å²) in [5, 5.41) is 7.79. The van der Waals surface area contributed by atoms with E-state index < -0.39 is 17.5 Å². The number of anilines is 1. The molecule has 0 aromatic heterocycles. The maximum atomic E-state index is 12.5. The van der Waals surface area contributed by atoms with Gasteiger partial charge in [0.05, 0.1) is 0 Å². The molecule has 2 rings (SSSR count). The minimum absolute atomic E-state index is 0.229. The first-order valence-electron chi connectivity index (χ1n) is 8.13. The molecule has 0 saturated carbocycles. The molecule has 8 heteroatoms. The van der Waals surface area contributed by atoms with Crippen molar-refractivity contribution >= 4 is 29.4 Å². The van der Waals surface area contributed by atoms with Crippen LogP contribution in [0.5, 0.6) is 0 Å². The van der Waals surface area contributed by atoms with Crippen molar-refractivity contribution in [2.75, 3.05) is 18.9 Å². The van der Waals surface area contributed by atoms with Crippen LogP contribution in [0.25, 0.3) is 0 Å². The maximum absolute atomic E-state index is 12.5. The highest BCUT2D eigenvalue weighted by atomic mass is 16.2. The number of nitrogens with zero attached hydrogens (tertiary/aromatic N) is 1. The lowest BCUT2D eigenvalue weighted by atomic mass is 9.93. The van der Waals surface area contributed by atoms with E-state index in [1.165, 1.54) is 7.05 Å². The number of carbonyl (C=O) groups excluding carboxylic acids is 4. The van der Waals surface area contributed by atoms with E-state index in [4.69, 9.17) is 0 Å². The van der Waals surface area contributed by atoms with Gasteiger partial charge in [0.25, 0.3) is 11.8 Å². The van der Waals surface area contributed by atoms with E-state index in [2.05, 4.69) is 16.0 Å². The lowest BCUT2D eigenvalue weighted by Gasteiger charge is -2.23. The molecule has 8 nitrogen and oxygen atoms in total. The average molecular weight is 346 g/mol. The Morgan fingerprint density at radius 2 is 1.72 bits per heavy atom. The molecule has 0 bridgehead atoms. The van der Waals surface area contributed by atoms with Crippen LogP contribution in [0.1, 0.15) is 37.0 Å². The molecule has 1 aromatic rings. The molecule has 1 aliphatic heterocycles. The van der Waals surface area contributed by atoms with Crippen LogP contribution in [0.15, 0.2) is 24.3 Å². The minimum Gasteiger partial charge on any atom is -0.355 e. The fraction of sp³-hybridized carbons (Fsp3) is 0.412. The van der Waals surface area contributed by atoms with Gasteiger partial charge in [-0.15, -0.1) is 0 Å². The zero-order chi connectivity index (χ0) is 18.6. The smallest absolute Gasteiger partial charge is 0.325 e. The summed E-state index contributed by atoms with van der Waals surface area (Å²) >= 11 is 0. The van der Waals surface area contributed by atoms with Crippen molar-refractivity contribution in [3.63, 3.8) is 0 Å². The number of hydrogen-bond acceptors (Lipinski definition) is 4. The molecule has 0 spiro atoms. The molecule has 1 aromatic carbocycles. The van der Waals surface area contributed by atoms with Crippen molar-refractivity contribution in [1.82, 2.24) is 15.5 Å². The SMILES string of the molecule is CCC1(CC)NC(=O)N(CC(=O)Nc2ccc(C(=O)NC)cc2)C1=O. The van der Waals surface area contributed by atoms with Gasteiger partial charge in [0.1, 0.15) is 12.1 Å². The Balaban J connectivity index is 2.02. The molecule has 3 N–H and O–H groups in total. The molecule has 0 unspecified atom stereocenters. The van der Waals surface area contributed by atoms with Gasteiger partial charge in [-0.05, 0) is 37.1 Å². The molecular weight excluding hydrogens is 324 g/mol. The summed E-state index contributed by atoms with van der Waals surface area (Å²) < 4.78 is 0. The third-order valence-electron chi connectivity index (χ3n) is 4.41. The van der Waals surface area contributed by atoms with Crippen molar-refractivity contribution in [2.24, 2.45) is 0 Å². The van der Waals surface area contributed by atoms with Crippen molar-refractivity contribution in [3.8, 4) is 0 Å². The van der Waals surface area contributed by atoms with E-state index in [0.717, 1.165) is 4.90 Å². The first-order chi connectivity index (χ1) is 11.9. The van der Waals surface area contributed by atoms with E-state index in [0.29, 0.717) is 24.1 Å². The number of imide groups is 1.